The third-order valence-electron chi connectivity index (χ3n) is 7.34. The predicted octanol–water partition coefficient (Wildman–Crippen LogP) is 7.18. The Kier molecular flexibility index (Phi) is 11.2. The number of hydrogen-bond donors (Lipinski definition) is 1. The molecule has 2 atom stereocenters. The quantitative estimate of drug-likeness (QED) is 0.161. The molecule has 0 fully saturated rings. The molecule has 0 aromatic heterocycles. The minimum absolute atomic E-state index is 0.0635. The lowest BCUT2D eigenvalue weighted by atomic mass is 10.0. The summed E-state index contributed by atoms with van der Waals surface area (Å²) in [6.45, 7) is 9.48. The molecule has 3 rings (SSSR count). The third-order valence-corrected chi connectivity index (χ3v) is 7.34. The number of amides is 1. The van der Waals surface area contributed by atoms with Crippen molar-refractivity contribution in [3.05, 3.63) is 94.3 Å². The van der Waals surface area contributed by atoms with Crippen molar-refractivity contribution in [3.63, 3.8) is 0 Å². The Morgan fingerprint density at radius 1 is 1.16 bits per heavy atom. The van der Waals surface area contributed by atoms with Crippen LogP contribution in [0.1, 0.15) is 71.8 Å². The molecule has 0 saturated carbocycles. The van der Waals surface area contributed by atoms with Crippen molar-refractivity contribution in [1.82, 2.24) is 4.90 Å². The maximum Gasteiger partial charge on any atom is 0.338 e. The van der Waals surface area contributed by atoms with Gasteiger partial charge in [0.05, 0.1) is 5.57 Å². The number of rotatable bonds is 14. The monoisotopic (exact) mass is 517 g/mol. The van der Waals surface area contributed by atoms with Gasteiger partial charge in [-0.05, 0) is 70.8 Å². The summed E-state index contributed by atoms with van der Waals surface area (Å²) in [5.41, 5.74) is 4.99. The Morgan fingerprint density at radius 2 is 1.92 bits per heavy atom. The summed E-state index contributed by atoms with van der Waals surface area (Å²) in [5, 5.41) is 9.99. The summed E-state index contributed by atoms with van der Waals surface area (Å²) in [6, 6.07) is 10.3. The number of carbonyl (C=O) groups excluding carboxylic acids is 2. The van der Waals surface area contributed by atoms with Gasteiger partial charge in [-0.2, -0.15) is 0 Å². The number of cyclic esters (lactones) is 1. The smallest absolute Gasteiger partial charge is 0.338 e. The molecule has 0 spiro atoms. The minimum Gasteiger partial charge on any atom is -0.508 e. The van der Waals surface area contributed by atoms with E-state index in [9.17, 15) is 14.7 Å². The molecule has 2 aliphatic heterocycles. The molecule has 5 nitrogen and oxygen atoms in total. The van der Waals surface area contributed by atoms with E-state index in [0.717, 1.165) is 62.8 Å². The van der Waals surface area contributed by atoms with Gasteiger partial charge in [-0.15, -0.1) is 0 Å². The van der Waals surface area contributed by atoms with E-state index in [1.807, 2.05) is 30.0 Å². The van der Waals surface area contributed by atoms with E-state index in [1.165, 1.54) is 11.1 Å². The molecular weight excluding hydrogens is 474 g/mol. The van der Waals surface area contributed by atoms with Gasteiger partial charge in [0.2, 0.25) is 5.91 Å². The second-order valence-electron chi connectivity index (χ2n) is 10.7. The van der Waals surface area contributed by atoms with Crippen molar-refractivity contribution >= 4 is 11.9 Å². The number of benzene rings is 1. The maximum absolute atomic E-state index is 12.7. The van der Waals surface area contributed by atoms with Gasteiger partial charge in [0.15, 0.2) is 6.10 Å². The summed E-state index contributed by atoms with van der Waals surface area (Å²) in [7, 11) is 0. The lowest BCUT2D eigenvalue weighted by molar-refractivity contribution is -0.140. The topological polar surface area (TPSA) is 66.8 Å². The van der Waals surface area contributed by atoms with Crippen LogP contribution in [-0.4, -0.2) is 41.1 Å². The molecular formula is C33H43NO4. The van der Waals surface area contributed by atoms with E-state index in [2.05, 4.69) is 56.4 Å². The van der Waals surface area contributed by atoms with Crippen LogP contribution in [0.2, 0.25) is 0 Å². The molecule has 0 aliphatic carbocycles. The molecule has 2 aliphatic rings. The van der Waals surface area contributed by atoms with Crippen molar-refractivity contribution in [2.45, 2.75) is 78.7 Å². The lowest BCUT2D eigenvalue weighted by Crippen LogP contribution is -2.29. The molecule has 0 bridgehead atoms. The van der Waals surface area contributed by atoms with Crippen molar-refractivity contribution in [2.75, 3.05) is 13.1 Å². The zero-order chi connectivity index (χ0) is 27.5. The average Bonchev–Trinajstić information content (AvgIpc) is 3.36. The number of hydrogen-bond acceptors (Lipinski definition) is 4. The summed E-state index contributed by atoms with van der Waals surface area (Å²) in [5.74, 6) is 0.292. The van der Waals surface area contributed by atoms with Gasteiger partial charge in [-0.25, -0.2) is 4.79 Å². The van der Waals surface area contributed by atoms with E-state index in [0.29, 0.717) is 17.9 Å². The first-order valence-electron chi connectivity index (χ1n) is 13.9. The number of ether oxygens (including phenoxy) is 1. The van der Waals surface area contributed by atoms with Crippen LogP contribution in [0.25, 0.3) is 0 Å². The van der Waals surface area contributed by atoms with Crippen LogP contribution in [0.5, 0.6) is 0 Å². The van der Waals surface area contributed by atoms with Gasteiger partial charge in [-0.1, -0.05) is 78.8 Å². The van der Waals surface area contributed by atoms with Crippen molar-refractivity contribution in [2.24, 2.45) is 5.92 Å². The van der Waals surface area contributed by atoms with Crippen LogP contribution < -0.4 is 0 Å². The molecule has 204 valence electrons. The van der Waals surface area contributed by atoms with Crippen LogP contribution >= 0.6 is 0 Å². The molecule has 5 heteroatoms. The molecule has 1 amide bonds. The maximum atomic E-state index is 12.7. The largest absolute Gasteiger partial charge is 0.508 e. The summed E-state index contributed by atoms with van der Waals surface area (Å²) >= 11 is 0. The molecule has 0 radical (unpaired) electrons. The fraction of sp³-hybridized carbons (Fsp3) is 0.455. The number of esters is 1. The Morgan fingerprint density at radius 3 is 2.63 bits per heavy atom. The standard InChI is InChI=1S/C33H43NO4/c1-24(13-9-15-26(3)23-30-31(35)27(4)33(37)38-30)11-8-12-25(2)14-10-18-29-20-22-34(32(29)36)21-19-28-16-6-5-7-17-28/h5-8,11-12,15-17,20,24,30,35H,9-10,13-14,18-19,21-23H2,1-4H3/b11-8+,25-12+,26-15-/t24-,30-/m1/s1. The Labute approximate surface area is 228 Å². The highest BCUT2D eigenvalue weighted by Crippen LogP contribution is 2.25. The normalized spacial score (nSPS) is 19.5. The predicted molar refractivity (Wildman–Crippen MR) is 154 cm³/mol. The minimum atomic E-state index is -0.536. The Balaban J connectivity index is 1.30. The second-order valence-corrected chi connectivity index (χ2v) is 10.7. The highest BCUT2D eigenvalue weighted by molar-refractivity contribution is 5.95. The third kappa shape index (κ3) is 8.90. The summed E-state index contributed by atoms with van der Waals surface area (Å²) < 4.78 is 5.21. The number of aliphatic hydroxyl groups excluding tert-OH is 1. The van der Waals surface area contributed by atoms with Gasteiger partial charge in [-0.3, -0.25) is 4.79 Å². The fourth-order valence-electron chi connectivity index (χ4n) is 4.78. The van der Waals surface area contributed by atoms with Crippen molar-refractivity contribution in [1.29, 1.82) is 0 Å². The molecule has 38 heavy (non-hydrogen) atoms. The van der Waals surface area contributed by atoms with Crippen molar-refractivity contribution in [3.8, 4) is 0 Å². The van der Waals surface area contributed by atoms with Crippen LogP contribution in [0, 0.1) is 5.92 Å². The van der Waals surface area contributed by atoms with Gasteiger partial charge in [0, 0.05) is 25.1 Å². The van der Waals surface area contributed by atoms with E-state index in [1.54, 1.807) is 6.92 Å². The molecule has 1 N–H and O–H groups in total. The second kappa shape index (κ2) is 14.6. The molecule has 0 unspecified atom stereocenters. The van der Waals surface area contributed by atoms with E-state index >= 15 is 0 Å². The van der Waals surface area contributed by atoms with Crippen LogP contribution in [0.15, 0.2) is 88.8 Å². The first kappa shape index (κ1) is 29.2. The molecule has 2 heterocycles. The lowest BCUT2D eigenvalue weighted by Gasteiger charge is -2.16. The highest BCUT2D eigenvalue weighted by atomic mass is 16.6. The molecule has 1 aromatic rings. The average molecular weight is 518 g/mol. The van der Waals surface area contributed by atoms with E-state index in [4.69, 9.17) is 4.74 Å². The summed E-state index contributed by atoms with van der Waals surface area (Å²) in [6.07, 6.45) is 16.5. The number of nitrogens with zero attached hydrogens (tertiary/aromatic N) is 1. The van der Waals surface area contributed by atoms with Gasteiger partial charge in [0.1, 0.15) is 5.76 Å². The number of allylic oxidation sites excluding steroid dienone is 5. The molecule has 0 saturated heterocycles. The fourth-order valence-corrected chi connectivity index (χ4v) is 4.78. The SMILES string of the molecule is CC1=C(O)[C@@H](C/C(C)=C\CC[C@H](C)/C=C/C=C(\C)CCCC2=CCN(CCc3ccccc3)C2=O)OC1=O. The first-order valence-corrected chi connectivity index (χ1v) is 13.9. The number of aliphatic hydroxyl groups is 1. The zero-order valence-corrected chi connectivity index (χ0v) is 23.4. The van der Waals surface area contributed by atoms with E-state index < -0.39 is 12.1 Å². The Hall–Kier alpha value is -3.34. The van der Waals surface area contributed by atoms with Gasteiger partial charge < -0.3 is 14.7 Å². The zero-order valence-electron chi connectivity index (χ0n) is 23.4. The van der Waals surface area contributed by atoms with Crippen LogP contribution in [0.3, 0.4) is 0 Å². The molecule has 1 aromatic carbocycles. The van der Waals surface area contributed by atoms with Crippen LogP contribution in [-0.2, 0) is 20.7 Å². The van der Waals surface area contributed by atoms with E-state index in [-0.39, 0.29) is 11.7 Å². The van der Waals surface area contributed by atoms with Crippen LogP contribution in [0.4, 0.5) is 0 Å². The Bertz CT molecular complexity index is 1120. The highest BCUT2D eigenvalue weighted by Gasteiger charge is 2.31. The number of carbonyl (C=O) groups is 2. The van der Waals surface area contributed by atoms with Gasteiger partial charge >= 0.3 is 5.97 Å². The first-order chi connectivity index (χ1) is 18.2. The van der Waals surface area contributed by atoms with Gasteiger partial charge in [0.25, 0.3) is 0 Å². The van der Waals surface area contributed by atoms with Crippen molar-refractivity contribution < 1.29 is 19.4 Å². The summed E-state index contributed by atoms with van der Waals surface area (Å²) in [4.78, 5) is 26.2.